The zero-order chi connectivity index (χ0) is 16.5. The summed E-state index contributed by atoms with van der Waals surface area (Å²) < 4.78 is 53.0. The number of hydrogen-bond acceptors (Lipinski definition) is 2. The second-order valence-corrected chi connectivity index (χ2v) is 7.11. The number of sulfonamides is 1. The quantitative estimate of drug-likeness (QED) is 0.800. The molecule has 0 aromatic heterocycles. The lowest BCUT2D eigenvalue weighted by atomic mass is 10.3. The van der Waals surface area contributed by atoms with Crippen molar-refractivity contribution < 1.29 is 17.2 Å². The minimum absolute atomic E-state index is 0.0466. The van der Waals surface area contributed by atoms with Gasteiger partial charge in [-0.05, 0) is 37.3 Å². The van der Waals surface area contributed by atoms with Gasteiger partial charge in [0.15, 0.2) is 0 Å². The molecular weight excluding hydrogens is 355 g/mol. The smallest absolute Gasteiger partial charge is 0.264 e. The molecule has 0 fully saturated rings. The molecular formula is C14H11Cl2F2NO2S. The first-order chi connectivity index (χ1) is 10.3. The van der Waals surface area contributed by atoms with Crippen LogP contribution in [0.25, 0.3) is 0 Å². The Morgan fingerprint density at radius 3 is 2.14 bits per heavy atom. The molecule has 0 saturated carbocycles. The van der Waals surface area contributed by atoms with Gasteiger partial charge in [0.25, 0.3) is 10.0 Å². The van der Waals surface area contributed by atoms with E-state index in [2.05, 4.69) is 0 Å². The van der Waals surface area contributed by atoms with E-state index >= 15 is 0 Å². The fraction of sp³-hybridized carbons (Fsp3) is 0.143. The molecule has 0 aliphatic rings. The number of anilines is 1. The van der Waals surface area contributed by atoms with Crippen molar-refractivity contribution in [1.82, 2.24) is 0 Å². The molecule has 2 aromatic carbocycles. The molecule has 8 heteroatoms. The van der Waals surface area contributed by atoms with Gasteiger partial charge < -0.3 is 0 Å². The molecule has 0 radical (unpaired) electrons. The molecule has 2 aromatic rings. The van der Waals surface area contributed by atoms with Gasteiger partial charge in [0.05, 0.1) is 10.6 Å². The van der Waals surface area contributed by atoms with Crippen LogP contribution in [-0.4, -0.2) is 15.0 Å². The van der Waals surface area contributed by atoms with E-state index in [1.165, 1.54) is 25.1 Å². The van der Waals surface area contributed by atoms with Crippen LogP contribution in [0.3, 0.4) is 0 Å². The molecule has 0 unspecified atom stereocenters. The normalized spacial score (nSPS) is 11.5. The van der Waals surface area contributed by atoms with Crippen LogP contribution < -0.4 is 4.31 Å². The van der Waals surface area contributed by atoms with Gasteiger partial charge in [-0.25, -0.2) is 17.2 Å². The minimum Gasteiger partial charge on any atom is -0.264 e. The average molecular weight is 366 g/mol. The Labute approximate surface area is 137 Å². The second-order valence-electron chi connectivity index (χ2n) is 4.37. The third-order valence-electron chi connectivity index (χ3n) is 2.89. The Bertz CT molecular complexity index is 792. The van der Waals surface area contributed by atoms with E-state index in [4.69, 9.17) is 23.2 Å². The highest BCUT2D eigenvalue weighted by atomic mass is 35.5. The van der Waals surface area contributed by atoms with Crippen molar-refractivity contribution in [3.63, 3.8) is 0 Å². The molecule has 118 valence electrons. The SMILES string of the molecule is CCN(c1ccc(F)cc1F)S(=O)(=O)c1cc(Cl)cc(Cl)c1. The van der Waals surface area contributed by atoms with Crippen molar-refractivity contribution in [1.29, 1.82) is 0 Å². The molecule has 0 aliphatic heterocycles. The molecule has 0 atom stereocenters. The largest absolute Gasteiger partial charge is 0.264 e. The molecule has 0 spiro atoms. The van der Waals surface area contributed by atoms with E-state index in [1.807, 2.05) is 0 Å². The number of benzene rings is 2. The van der Waals surface area contributed by atoms with Crippen LogP contribution in [0.4, 0.5) is 14.5 Å². The first-order valence-corrected chi connectivity index (χ1v) is 8.39. The lowest BCUT2D eigenvalue weighted by Gasteiger charge is -2.23. The van der Waals surface area contributed by atoms with Gasteiger partial charge in [0.2, 0.25) is 0 Å². The topological polar surface area (TPSA) is 37.4 Å². The van der Waals surface area contributed by atoms with Gasteiger partial charge in [-0.1, -0.05) is 23.2 Å². The maximum atomic E-state index is 13.9. The van der Waals surface area contributed by atoms with E-state index in [0.29, 0.717) is 6.07 Å². The number of nitrogens with zero attached hydrogens (tertiary/aromatic N) is 1. The molecule has 0 saturated heterocycles. The van der Waals surface area contributed by atoms with E-state index in [9.17, 15) is 17.2 Å². The monoisotopic (exact) mass is 365 g/mol. The van der Waals surface area contributed by atoms with Crippen molar-refractivity contribution in [2.24, 2.45) is 0 Å². The average Bonchev–Trinajstić information content (AvgIpc) is 2.40. The standard InChI is InChI=1S/C14H11Cl2F2NO2S/c1-2-19(14-4-3-11(17)8-13(14)18)22(20,21)12-6-9(15)5-10(16)7-12/h3-8H,2H2,1H3. The first kappa shape index (κ1) is 17.0. The van der Waals surface area contributed by atoms with Crippen molar-refractivity contribution in [2.75, 3.05) is 10.8 Å². The van der Waals surface area contributed by atoms with Crippen LogP contribution in [0.5, 0.6) is 0 Å². The molecule has 0 aliphatic carbocycles. The van der Waals surface area contributed by atoms with E-state index < -0.39 is 21.7 Å². The molecule has 0 N–H and O–H groups in total. The maximum Gasteiger partial charge on any atom is 0.264 e. The lowest BCUT2D eigenvalue weighted by Crippen LogP contribution is -2.31. The van der Waals surface area contributed by atoms with Crippen molar-refractivity contribution >= 4 is 38.9 Å². The summed E-state index contributed by atoms with van der Waals surface area (Å²) in [6.45, 7) is 1.49. The number of hydrogen-bond donors (Lipinski definition) is 0. The van der Waals surface area contributed by atoms with Crippen LogP contribution in [0, 0.1) is 11.6 Å². The predicted octanol–water partition coefficient (Wildman–Crippen LogP) is 4.49. The van der Waals surface area contributed by atoms with Gasteiger partial charge in [-0.3, -0.25) is 4.31 Å². The molecule has 0 bridgehead atoms. The Kier molecular flexibility index (Phi) is 4.94. The van der Waals surface area contributed by atoms with Gasteiger partial charge in [-0.2, -0.15) is 0 Å². The first-order valence-electron chi connectivity index (χ1n) is 6.19. The zero-order valence-corrected chi connectivity index (χ0v) is 13.7. The Morgan fingerprint density at radius 1 is 1.05 bits per heavy atom. The minimum atomic E-state index is -4.08. The van der Waals surface area contributed by atoms with E-state index in [1.54, 1.807) is 0 Å². The van der Waals surface area contributed by atoms with Crippen LogP contribution in [0.15, 0.2) is 41.3 Å². The fourth-order valence-electron chi connectivity index (χ4n) is 1.96. The zero-order valence-electron chi connectivity index (χ0n) is 11.4. The Balaban J connectivity index is 2.58. The summed E-state index contributed by atoms with van der Waals surface area (Å²) in [5.74, 6) is -1.76. The summed E-state index contributed by atoms with van der Waals surface area (Å²) in [5.41, 5.74) is -0.250. The van der Waals surface area contributed by atoms with Crippen LogP contribution >= 0.6 is 23.2 Å². The van der Waals surface area contributed by atoms with Crippen molar-refractivity contribution in [3.05, 3.63) is 58.1 Å². The molecule has 3 nitrogen and oxygen atoms in total. The summed E-state index contributed by atoms with van der Waals surface area (Å²) in [6, 6.07) is 6.49. The van der Waals surface area contributed by atoms with Crippen LogP contribution in [0.1, 0.15) is 6.92 Å². The summed E-state index contributed by atoms with van der Waals surface area (Å²) in [4.78, 5) is -0.171. The van der Waals surface area contributed by atoms with Crippen LogP contribution in [0.2, 0.25) is 10.0 Å². The van der Waals surface area contributed by atoms with Gasteiger partial charge in [0, 0.05) is 22.7 Å². The summed E-state index contributed by atoms with van der Waals surface area (Å²) >= 11 is 11.6. The second kappa shape index (κ2) is 6.40. The fourth-order valence-corrected chi connectivity index (χ4v) is 4.17. The molecule has 0 amide bonds. The van der Waals surface area contributed by atoms with Crippen molar-refractivity contribution in [3.8, 4) is 0 Å². The van der Waals surface area contributed by atoms with Crippen molar-refractivity contribution in [2.45, 2.75) is 11.8 Å². The lowest BCUT2D eigenvalue weighted by molar-refractivity contribution is 0.574. The third-order valence-corrected chi connectivity index (χ3v) is 5.19. The van der Waals surface area contributed by atoms with Gasteiger partial charge >= 0.3 is 0 Å². The summed E-state index contributed by atoms with van der Waals surface area (Å²) in [7, 11) is -4.08. The van der Waals surface area contributed by atoms with E-state index in [0.717, 1.165) is 16.4 Å². The highest BCUT2D eigenvalue weighted by Gasteiger charge is 2.26. The van der Waals surface area contributed by atoms with Crippen LogP contribution in [-0.2, 0) is 10.0 Å². The summed E-state index contributed by atoms with van der Waals surface area (Å²) in [6.07, 6.45) is 0. The molecule has 22 heavy (non-hydrogen) atoms. The summed E-state index contributed by atoms with van der Waals surface area (Å²) in [5, 5.41) is 0.281. The highest BCUT2D eigenvalue weighted by molar-refractivity contribution is 7.92. The predicted molar refractivity (Wildman–Crippen MR) is 83.0 cm³/mol. The molecule has 0 heterocycles. The van der Waals surface area contributed by atoms with E-state index in [-0.39, 0.29) is 27.2 Å². The van der Waals surface area contributed by atoms with Gasteiger partial charge in [0.1, 0.15) is 11.6 Å². The van der Waals surface area contributed by atoms with Gasteiger partial charge in [-0.15, -0.1) is 0 Å². The molecule has 2 rings (SSSR count). The Hall–Kier alpha value is -1.37. The maximum absolute atomic E-state index is 13.9. The highest BCUT2D eigenvalue weighted by Crippen LogP contribution is 2.29. The number of rotatable bonds is 4. The Morgan fingerprint density at radius 2 is 1.64 bits per heavy atom. The number of halogens is 4. The third kappa shape index (κ3) is 3.34.